The second-order valence-corrected chi connectivity index (χ2v) is 19.2. The summed E-state index contributed by atoms with van der Waals surface area (Å²) < 4.78 is 34.0. The molecule has 4 aliphatic rings. The van der Waals surface area contributed by atoms with Crippen LogP contribution < -0.4 is 34.9 Å². The van der Waals surface area contributed by atoms with Crippen molar-refractivity contribution >= 4 is 44.7 Å². The Kier molecular flexibility index (Phi) is 24.5. The van der Waals surface area contributed by atoms with Crippen LogP contribution in [-0.2, 0) is 57.3 Å². The van der Waals surface area contributed by atoms with Gasteiger partial charge < -0.3 is 27.2 Å². The molecule has 407 valence electrons. The largest absolute Gasteiger partial charge is 1.00 e. The molecule has 2 aliphatic carbocycles. The van der Waals surface area contributed by atoms with Crippen molar-refractivity contribution in [1.82, 2.24) is 29.3 Å². The van der Waals surface area contributed by atoms with Crippen LogP contribution in [0, 0.1) is 57.0 Å². The molecule has 3 radical (unpaired) electrons. The maximum atomic E-state index is 13.3. The van der Waals surface area contributed by atoms with Gasteiger partial charge in [0.2, 0.25) is 5.97 Å². The van der Waals surface area contributed by atoms with E-state index in [4.69, 9.17) is 10.5 Å². The van der Waals surface area contributed by atoms with Crippen molar-refractivity contribution in [1.29, 1.82) is 21.0 Å². The van der Waals surface area contributed by atoms with Gasteiger partial charge in [0.25, 0.3) is 0 Å². The van der Waals surface area contributed by atoms with Gasteiger partial charge in [-0.25, -0.2) is 38.1 Å². The van der Waals surface area contributed by atoms with E-state index in [1.54, 1.807) is 36.8 Å². The molecule has 6 aromatic rings. The van der Waals surface area contributed by atoms with Crippen LogP contribution in [-0.4, -0.2) is 82.4 Å². The van der Waals surface area contributed by atoms with E-state index in [-0.39, 0.29) is 64.7 Å². The Morgan fingerprint density at radius 2 is 1.00 bits per heavy atom. The standard InChI is InChI=1S/C26H24FN5.C14H11N3O.C12H13FN2.C4H6O4.C2H3BO2.ClH.Na/c27-23-7-5-21(6-8-23)25(18-29)11-13-31(14-12-25)17-24-16-30-19-32(24)26(9-10-26)22-3-1-20(15-28)2-4-22;15-7-11-1-3-12(4-2-11)14(5-6-14)17-10-16-8-13(17)9-18;13-11-3-1-10(2-4-11)12(9-14)5-7-15-8-6-12;1-3(5)7-8-4(2)6;1-2(4)5-3;;/h1-8,16,19H,9-14,17H2;1-4,8-10H,5-6H2;1-4,15H,5-8H2;1-2H3;1H3;1H;/q;;;;-1;;+1. The third-order valence-electron chi connectivity index (χ3n) is 14.2. The van der Waals surface area contributed by atoms with Crippen molar-refractivity contribution < 1.29 is 71.9 Å². The van der Waals surface area contributed by atoms with E-state index in [1.165, 1.54) is 36.8 Å². The number of nitrogens with zero attached hydrogens (tertiary/aromatic N) is 9. The van der Waals surface area contributed by atoms with Crippen molar-refractivity contribution in [2.45, 2.75) is 101 Å². The molecule has 0 spiro atoms. The summed E-state index contributed by atoms with van der Waals surface area (Å²) in [6, 6.07) is 37.3. The van der Waals surface area contributed by atoms with Gasteiger partial charge in [-0.2, -0.15) is 21.0 Å². The number of piperidine rings is 2. The van der Waals surface area contributed by atoms with Gasteiger partial charge in [-0.15, -0.1) is 12.4 Å². The monoisotopic (exact) mass is 1110 g/mol. The molecule has 0 bridgehead atoms. The number of hydrogen-bond acceptors (Lipinski definition) is 15. The molecule has 17 nitrogen and oxygen atoms in total. The number of carbonyl (C=O) groups is 4. The number of benzene rings is 4. The van der Waals surface area contributed by atoms with Crippen molar-refractivity contribution in [2.75, 3.05) is 26.2 Å². The van der Waals surface area contributed by atoms with Gasteiger partial charge in [-0.3, -0.25) is 14.5 Å². The van der Waals surface area contributed by atoms with Crippen LogP contribution >= 0.6 is 12.4 Å². The Hall–Kier alpha value is -7.53. The maximum absolute atomic E-state index is 13.3. The number of aldehydes is 1. The molecular formula is C58H58BClF2N10NaO7. The van der Waals surface area contributed by atoms with Crippen LogP contribution in [0.4, 0.5) is 8.78 Å². The number of carbonyl (C=O) groups excluding carboxylic acids is 4. The van der Waals surface area contributed by atoms with E-state index in [9.17, 15) is 38.5 Å². The van der Waals surface area contributed by atoms with Gasteiger partial charge in [0.1, 0.15) is 17.3 Å². The summed E-state index contributed by atoms with van der Waals surface area (Å²) in [5, 5.41) is 40.3. The first-order chi connectivity index (χ1) is 37.5. The predicted molar refractivity (Wildman–Crippen MR) is 287 cm³/mol. The van der Waals surface area contributed by atoms with E-state index in [1.807, 2.05) is 53.5 Å². The van der Waals surface area contributed by atoms with Gasteiger partial charge >= 0.3 is 41.5 Å². The molecule has 2 aromatic heterocycles. The zero-order valence-corrected chi connectivity index (χ0v) is 47.8. The van der Waals surface area contributed by atoms with Gasteiger partial charge in [0, 0.05) is 46.6 Å². The van der Waals surface area contributed by atoms with E-state index in [0.717, 1.165) is 127 Å². The van der Waals surface area contributed by atoms with Crippen molar-refractivity contribution in [3.05, 3.63) is 179 Å². The first-order valence-corrected chi connectivity index (χ1v) is 25.1. The van der Waals surface area contributed by atoms with E-state index < -0.39 is 28.7 Å². The summed E-state index contributed by atoms with van der Waals surface area (Å²) in [5.41, 5.74) is 6.09. The van der Waals surface area contributed by atoms with Crippen LogP contribution in [0.5, 0.6) is 0 Å². The Morgan fingerprint density at radius 3 is 1.38 bits per heavy atom. The maximum Gasteiger partial charge on any atom is 1.00 e. The van der Waals surface area contributed by atoms with Crippen molar-refractivity contribution in [3.63, 3.8) is 0 Å². The fourth-order valence-corrected chi connectivity index (χ4v) is 9.62. The van der Waals surface area contributed by atoms with Crippen molar-refractivity contribution in [3.8, 4) is 24.3 Å². The zero-order chi connectivity index (χ0) is 56.4. The number of likely N-dealkylation sites (tertiary alicyclic amines) is 1. The zero-order valence-electron chi connectivity index (χ0n) is 44.9. The first-order valence-electron chi connectivity index (χ1n) is 25.1. The third kappa shape index (κ3) is 16.5. The topological polar surface area (TPSA) is 242 Å². The molecule has 0 unspecified atom stereocenters. The number of nitriles is 4. The average molecular weight is 1110 g/mol. The summed E-state index contributed by atoms with van der Waals surface area (Å²) in [6.45, 7) is 7.62. The van der Waals surface area contributed by atoms with Gasteiger partial charge in [0.05, 0.1) is 81.9 Å². The smallest absolute Gasteiger partial charge is 0.793 e. The minimum absolute atomic E-state index is 0. The molecule has 2 saturated heterocycles. The molecular weight excluding hydrogens is 1060 g/mol. The molecule has 0 amide bonds. The number of aromatic nitrogens is 4. The molecule has 2 saturated carbocycles. The third-order valence-corrected chi connectivity index (χ3v) is 14.2. The Labute approximate surface area is 493 Å². The molecule has 0 atom stereocenters. The van der Waals surface area contributed by atoms with Crippen LogP contribution in [0.25, 0.3) is 0 Å². The molecule has 10 rings (SSSR count). The summed E-state index contributed by atoms with van der Waals surface area (Å²) in [4.78, 5) is 58.6. The Bertz CT molecular complexity index is 3170. The quantitative estimate of drug-likeness (QED) is 0.0796. The molecule has 4 heterocycles. The molecule has 4 aromatic carbocycles. The first kappa shape index (κ1) is 65.0. The summed E-state index contributed by atoms with van der Waals surface area (Å²) >= 11 is 0. The Morgan fingerprint density at radius 1 is 0.613 bits per heavy atom. The molecule has 1 N–H and O–H groups in total. The average Bonchev–Trinajstić information content (AvgIpc) is 4.37. The SMILES string of the molecule is CC(=O)OOC(C)=O.Cl.N#CC1(c2ccc(F)cc2)CCNCC1.N#Cc1ccc(C2(n3cncc3C=O)CC2)cc1.N#Cc1ccc(C2(n3cncc3CN3CCC(C#N)(c4ccc(F)cc4)CC3)CC2)cc1.[B-]OC(C)=O.[Na+]. The van der Waals surface area contributed by atoms with Crippen LogP contribution in [0.1, 0.15) is 122 Å². The summed E-state index contributed by atoms with van der Waals surface area (Å²) in [6.07, 6.45) is 15.1. The summed E-state index contributed by atoms with van der Waals surface area (Å²) in [7, 11) is 4.32. The Balaban J connectivity index is 0.000000244. The van der Waals surface area contributed by atoms with Gasteiger partial charge in [0.15, 0.2) is 6.29 Å². The van der Waals surface area contributed by atoms with Gasteiger partial charge in [-0.1, -0.05) is 48.5 Å². The van der Waals surface area contributed by atoms with Crippen LogP contribution in [0.15, 0.2) is 122 Å². The van der Waals surface area contributed by atoms with E-state index >= 15 is 0 Å². The van der Waals surface area contributed by atoms with Crippen LogP contribution in [0.2, 0.25) is 0 Å². The molecule has 80 heavy (non-hydrogen) atoms. The number of nitrogens with one attached hydrogen (secondary N) is 1. The predicted octanol–water partition coefficient (Wildman–Crippen LogP) is 5.65. The number of rotatable bonds is 9. The van der Waals surface area contributed by atoms with Crippen molar-refractivity contribution in [2.24, 2.45) is 0 Å². The second kappa shape index (κ2) is 30.2. The molecule has 2 aliphatic heterocycles. The number of hydrogen-bond donors (Lipinski definition) is 1. The van der Waals surface area contributed by atoms with Crippen LogP contribution in [0.3, 0.4) is 0 Å². The minimum Gasteiger partial charge on any atom is -0.793 e. The minimum atomic E-state index is -0.639. The molecule has 22 heteroatoms. The number of halogens is 3. The fraction of sp³-hybridized carbons (Fsp3) is 0.345. The number of imidazole rings is 2. The molecule has 4 fully saturated rings. The van der Waals surface area contributed by atoms with Gasteiger partial charge in [-0.05, 0) is 135 Å². The van der Waals surface area contributed by atoms with E-state index in [0.29, 0.717) is 16.8 Å². The van der Waals surface area contributed by atoms with E-state index in [2.05, 4.69) is 83.6 Å². The summed E-state index contributed by atoms with van der Waals surface area (Å²) in [5.74, 6) is -2.27. The second-order valence-electron chi connectivity index (χ2n) is 19.2. The normalized spacial score (nSPS) is 16.1. The fourth-order valence-electron chi connectivity index (χ4n) is 9.62.